The van der Waals surface area contributed by atoms with E-state index in [4.69, 9.17) is 0 Å². The van der Waals surface area contributed by atoms with Crippen LogP contribution in [0.5, 0.6) is 0 Å². The second-order valence-electron chi connectivity index (χ2n) is 5.47. The first-order valence-electron chi connectivity index (χ1n) is 6.44. The molecule has 0 N–H and O–H groups in total. The van der Waals surface area contributed by atoms with Crippen molar-refractivity contribution in [1.82, 2.24) is 0 Å². The Morgan fingerprint density at radius 3 is 1.69 bits per heavy atom. The fourth-order valence-electron chi connectivity index (χ4n) is 2.27. The SMILES string of the molecule is C[CH]c1c(CC(C)C)cccc1CC(C)C. The van der Waals surface area contributed by atoms with Gasteiger partial charge < -0.3 is 0 Å². The zero-order valence-electron chi connectivity index (χ0n) is 11.4. The Hall–Kier alpha value is -0.780. The van der Waals surface area contributed by atoms with Crippen LogP contribution in [0, 0.1) is 18.3 Å². The summed E-state index contributed by atoms with van der Waals surface area (Å²) in [6.45, 7) is 11.3. The minimum atomic E-state index is 0.730. The van der Waals surface area contributed by atoms with Gasteiger partial charge in [0.25, 0.3) is 0 Å². The lowest BCUT2D eigenvalue weighted by molar-refractivity contribution is 0.632. The van der Waals surface area contributed by atoms with Crippen LogP contribution in [0.3, 0.4) is 0 Å². The van der Waals surface area contributed by atoms with Gasteiger partial charge in [-0.2, -0.15) is 0 Å². The molecule has 0 spiro atoms. The molecule has 1 rings (SSSR count). The lowest BCUT2D eigenvalue weighted by Crippen LogP contribution is -2.04. The van der Waals surface area contributed by atoms with Gasteiger partial charge in [-0.25, -0.2) is 0 Å². The van der Waals surface area contributed by atoms with E-state index >= 15 is 0 Å². The molecule has 0 heterocycles. The highest BCUT2D eigenvalue weighted by atomic mass is 14.1. The Morgan fingerprint density at radius 1 is 0.938 bits per heavy atom. The largest absolute Gasteiger partial charge is 0.0625 e. The van der Waals surface area contributed by atoms with E-state index in [2.05, 4.69) is 59.2 Å². The monoisotopic (exact) mass is 217 g/mol. The topological polar surface area (TPSA) is 0 Å². The summed E-state index contributed by atoms with van der Waals surface area (Å²) >= 11 is 0. The molecule has 0 bridgehead atoms. The molecule has 0 aromatic heterocycles. The van der Waals surface area contributed by atoms with Crippen LogP contribution in [0.2, 0.25) is 0 Å². The summed E-state index contributed by atoms with van der Waals surface area (Å²) in [7, 11) is 0. The van der Waals surface area contributed by atoms with Gasteiger partial charge in [0.2, 0.25) is 0 Å². The zero-order chi connectivity index (χ0) is 12.1. The third-order valence-electron chi connectivity index (χ3n) is 2.83. The molecular formula is C16H25. The Bertz CT molecular complexity index is 293. The van der Waals surface area contributed by atoms with Crippen LogP contribution < -0.4 is 0 Å². The second kappa shape index (κ2) is 6.08. The second-order valence-corrected chi connectivity index (χ2v) is 5.47. The molecule has 0 nitrogen and oxygen atoms in total. The van der Waals surface area contributed by atoms with Crippen molar-refractivity contribution in [3.05, 3.63) is 41.3 Å². The third-order valence-corrected chi connectivity index (χ3v) is 2.83. The molecular weight excluding hydrogens is 192 g/mol. The predicted octanol–water partition coefficient (Wildman–Crippen LogP) is 4.66. The van der Waals surface area contributed by atoms with E-state index in [1.807, 2.05) is 0 Å². The van der Waals surface area contributed by atoms with E-state index in [0.29, 0.717) is 0 Å². The average molecular weight is 217 g/mol. The van der Waals surface area contributed by atoms with Crippen molar-refractivity contribution in [3.63, 3.8) is 0 Å². The minimum absolute atomic E-state index is 0.730. The van der Waals surface area contributed by atoms with Gasteiger partial charge in [0.05, 0.1) is 0 Å². The van der Waals surface area contributed by atoms with Gasteiger partial charge in [-0.1, -0.05) is 52.8 Å². The molecule has 0 saturated carbocycles. The Kier molecular flexibility index (Phi) is 5.05. The van der Waals surface area contributed by atoms with E-state index in [0.717, 1.165) is 11.8 Å². The number of hydrogen-bond acceptors (Lipinski definition) is 0. The molecule has 1 aromatic rings. The maximum atomic E-state index is 2.29. The molecule has 0 heteroatoms. The fraction of sp³-hybridized carbons (Fsp3) is 0.562. The molecule has 89 valence electrons. The molecule has 0 fully saturated rings. The number of benzene rings is 1. The smallest absolute Gasteiger partial charge is 0.0118 e. The maximum absolute atomic E-state index is 2.29. The highest BCUT2D eigenvalue weighted by Gasteiger charge is 2.09. The quantitative estimate of drug-likeness (QED) is 0.673. The third kappa shape index (κ3) is 3.66. The molecule has 0 atom stereocenters. The summed E-state index contributed by atoms with van der Waals surface area (Å²) in [5.74, 6) is 1.46. The van der Waals surface area contributed by atoms with Gasteiger partial charge in [0.15, 0.2) is 0 Å². The summed E-state index contributed by atoms with van der Waals surface area (Å²) in [5, 5.41) is 0. The van der Waals surface area contributed by atoms with Gasteiger partial charge in [-0.3, -0.25) is 0 Å². The van der Waals surface area contributed by atoms with Gasteiger partial charge in [0, 0.05) is 0 Å². The van der Waals surface area contributed by atoms with Gasteiger partial charge in [0.1, 0.15) is 0 Å². The minimum Gasteiger partial charge on any atom is -0.0625 e. The van der Waals surface area contributed by atoms with Crippen molar-refractivity contribution in [2.45, 2.75) is 47.5 Å². The molecule has 0 unspecified atom stereocenters. The highest BCUT2D eigenvalue weighted by Crippen LogP contribution is 2.22. The van der Waals surface area contributed by atoms with Crippen LogP contribution in [0.15, 0.2) is 18.2 Å². The molecule has 0 saturated heterocycles. The van der Waals surface area contributed by atoms with E-state index in [-0.39, 0.29) is 0 Å². The number of hydrogen-bond donors (Lipinski definition) is 0. The summed E-state index contributed by atoms with van der Waals surface area (Å²) in [6, 6.07) is 6.76. The first-order chi connectivity index (χ1) is 7.54. The van der Waals surface area contributed by atoms with Crippen molar-refractivity contribution in [2.24, 2.45) is 11.8 Å². The Labute approximate surface area is 101 Å². The Balaban J connectivity index is 3.00. The van der Waals surface area contributed by atoms with Crippen LogP contribution in [-0.4, -0.2) is 0 Å². The highest BCUT2D eigenvalue weighted by molar-refractivity contribution is 5.40. The summed E-state index contributed by atoms with van der Waals surface area (Å²) < 4.78 is 0. The van der Waals surface area contributed by atoms with Crippen LogP contribution >= 0.6 is 0 Å². The molecule has 0 aliphatic heterocycles. The summed E-state index contributed by atoms with van der Waals surface area (Å²) in [6.07, 6.45) is 4.65. The standard InChI is InChI=1S/C16H25/c1-6-16-14(10-12(2)3)8-7-9-15(16)11-13(4)5/h6-9,12-13H,10-11H2,1-5H3. The van der Waals surface area contributed by atoms with E-state index in [9.17, 15) is 0 Å². The van der Waals surface area contributed by atoms with Crippen LogP contribution in [0.1, 0.15) is 51.3 Å². The maximum Gasteiger partial charge on any atom is -0.0118 e. The van der Waals surface area contributed by atoms with Crippen molar-refractivity contribution < 1.29 is 0 Å². The lowest BCUT2D eigenvalue weighted by Gasteiger charge is -2.16. The van der Waals surface area contributed by atoms with Gasteiger partial charge in [-0.05, 0) is 47.8 Å². The molecule has 0 amide bonds. The normalized spacial score (nSPS) is 11.4. The zero-order valence-corrected chi connectivity index (χ0v) is 11.4. The van der Waals surface area contributed by atoms with Crippen LogP contribution in [0.25, 0.3) is 0 Å². The first kappa shape index (κ1) is 13.3. The van der Waals surface area contributed by atoms with Crippen LogP contribution in [0.4, 0.5) is 0 Å². The lowest BCUT2D eigenvalue weighted by atomic mass is 9.89. The molecule has 1 radical (unpaired) electrons. The summed E-state index contributed by atoms with van der Waals surface area (Å²) in [4.78, 5) is 0. The Morgan fingerprint density at radius 2 is 1.38 bits per heavy atom. The van der Waals surface area contributed by atoms with Gasteiger partial charge in [-0.15, -0.1) is 0 Å². The van der Waals surface area contributed by atoms with Crippen LogP contribution in [-0.2, 0) is 12.8 Å². The molecule has 16 heavy (non-hydrogen) atoms. The van der Waals surface area contributed by atoms with Crippen molar-refractivity contribution in [2.75, 3.05) is 0 Å². The average Bonchev–Trinajstić information content (AvgIpc) is 2.16. The van der Waals surface area contributed by atoms with E-state index in [1.165, 1.54) is 29.5 Å². The van der Waals surface area contributed by atoms with Crippen molar-refractivity contribution >= 4 is 0 Å². The van der Waals surface area contributed by atoms with Crippen molar-refractivity contribution in [3.8, 4) is 0 Å². The fourth-order valence-corrected chi connectivity index (χ4v) is 2.27. The molecule has 0 aliphatic rings. The summed E-state index contributed by atoms with van der Waals surface area (Å²) in [5.41, 5.74) is 4.50. The van der Waals surface area contributed by atoms with E-state index < -0.39 is 0 Å². The van der Waals surface area contributed by atoms with Crippen molar-refractivity contribution in [1.29, 1.82) is 0 Å². The predicted molar refractivity (Wildman–Crippen MR) is 72.6 cm³/mol. The number of rotatable bonds is 5. The van der Waals surface area contributed by atoms with E-state index in [1.54, 1.807) is 0 Å². The van der Waals surface area contributed by atoms with Gasteiger partial charge >= 0.3 is 0 Å². The molecule has 0 aliphatic carbocycles. The molecule has 1 aromatic carbocycles. The first-order valence-corrected chi connectivity index (χ1v) is 6.44.